The van der Waals surface area contributed by atoms with Crippen LogP contribution in [0.2, 0.25) is 5.02 Å². The number of nitrogens with zero attached hydrogens (tertiary/aromatic N) is 3. The lowest BCUT2D eigenvalue weighted by atomic mass is 10.0. The van der Waals surface area contributed by atoms with E-state index in [9.17, 15) is 9.59 Å². The standard InChI is InChI=1S/C26H25ClN4O3S3/c1-5-10-31-23(17-11-20(15(2)3)35-12-17)29-30-26(31)37-14-21(32)28-24-22(25(33)34-4)19(13-36-24)16-6-8-18(27)9-7-16/h5-9,11-13,15H,1,10,14H2,2-4H3,(H,28,32). The largest absolute Gasteiger partial charge is 0.465 e. The molecule has 0 aliphatic rings. The Kier molecular flexibility index (Phi) is 8.86. The molecule has 0 bridgehead atoms. The van der Waals surface area contributed by atoms with Crippen LogP contribution in [0.5, 0.6) is 0 Å². The van der Waals surface area contributed by atoms with Gasteiger partial charge in [0.1, 0.15) is 10.6 Å². The number of hydrogen-bond acceptors (Lipinski definition) is 8. The van der Waals surface area contributed by atoms with Crippen LogP contribution in [-0.2, 0) is 16.1 Å². The Balaban J connectivity index is 1.51. The number of aromatic nitrogens is 3. The van der Waals surface area contributed by atoms with E-state index >= 15 is 0 Å². The van der Waals surface area contributed by atoms with E-state index in [-0.39, 0.29) is 11.7 Å². The number of esters is 1. The van der Waals surface area contributed by atoms with Crippen LogP contribution >= 0.6 is 46.0 Å². The van der Waals surface area contributed by atoms with Crippen molar-refractivity contribution in [2.24, 2.45) is 0 Å². The molecule has 1 amide bonds. The summed E-state index contributed by atoms with van der Waals surface area (Å²) in [6.45, 7) is 8.67. The Morgan fingerprint density at radius 1 is 1.19 bits per heavy atom. The fourth-order valence-corrected chi connectivity index (χ4v) is 6.32. The number of methoxy groups -OCH3 is 1. The molecule has 0 unspecified atom stereocenters. The average Bonchev–Trinajstić information content (AvgIpc) is 3.62. The molecule has 0 spiro atoms. The van der Waals surface area contributed by atoms with Gasteiger partial charge in [-0.25, -0.2) is 4.79 Å². The maximum absolute atomic E-state index is 12.9. The second-order valence-electron chi connectivity index (χ2n) is 8.29. The fraction of sp³-hybridized carbons (Fsp3) is 0.231. The van der Waals surface area contributed by atoms with Crippen molar-refractivity contribution in [3.63, 3.8) is 0 Å². The van der Waals surface area contributed by atoms with Gasteiger partial charge in [0.15, 0.2) is 11.0 Å². The van der Waals surface area contributed by atoms with Crippen molar-refractivity contribution in [2.75, 3.05) is 18.2 Å². The van der Waals surface area contributed by atoms with Gasteiger partial charge in [0.05, 0.1) is 12.9 Å². The highest BCUT2D eigenvalue weighted by atomic mass is 35.5. The van der Waals surface area contributed by atoms with Crippen molar-refractivity contribution in [3.8, 4) is 22.5 Å². The predicted octanol–water partition coefficient (Wildman–Crippen LogP) is 7.22. The molecule has 0 aliphatic heterocycles. The van der Waals surface area contributed by atoms with E-state index < -0.39 is 5.97 Å². The van der Waals surface area contributed by atoms with Crippen molar-refractivity contribution in [1.82, 2.24) is 14.8 Å². The van der Waals surface area contributed by atoms with Crippen molar-refractivity contribution in [3.05, 3.63) is 69.2 Å². The van der Waals surface area contributed by atoms with Crippen LogP contribution in [0.15, 0.2) is 58.9 Å². The third kappa shape index (κ3) is 6.15. The number of benzene rings is 1. The third-order valence-electron chi connectivity index (χ3n) is 5.40. The topological polar surface area (TPSA) is 86.1 Å². The smallest absolute Gasteiger partial charge is 0.341 e. The van der Waals surface area contributed by atoms with Crippen LogP contribution in [0.4, 0.5) is 5.00 Å². The summed E-state index contributed by atoms with van der Waals surface area (Å²) in [5, 5.41) is 17.1. The predicted molar refractivity (Wildman–Crippen MR) is 153 cm³/mol. The molecule has 0 fully saturated rings. The first-order chi connectivity index (χ1) is 17.8. The average molecular weight is 573 g/mol. The van der Waals surface area contributed by atoms with Crippen molar-refractivity contribution >= 4 is 62.9 Å². The lowest BCUT2D eigenvalue weighted by molar-refractivity contribution is -0.113. The van der Waals surface area contributed by atoms with Crippen LogP contribution in [0.1, 0.15) is 35.0 Å². The number of carbonyl (C=O) groups excluding carboxylic acids is 2. The molecule has 4 rings (SSSR count). The van der Waals surface area contributed by atoms with Gasteiger partial charge < -0.3 is 10.1 Å². The number of thiophene rings is 2. The molecule has 37 heavy (non-hydrogen) atoms. The van der Waals surface area contributed by atoms with Gasteiger partial charge in [-0.15, -0.1) is 39.4 Å². The number of nitrogens with one attached hydrogen (secondary N) is 1. The molecule has 0 saturated heterocycles. The van der Waals surface area contributed by atoms with Crippen molar-refractivity contribution < 1.29 is 14.3 Å². The number of halogens is 1. The summed E-state index contributed by atoms with van der Waals surface area (Å²) < 4.78 is 6.94. The van der Waals surface area contributed by atoms with Gasteiger partial charge >= 0.3 is 5.97 Å². The Morgan fingerprint density at radius 3 is 2.59 bits per heavy atom. The first kappa shape index (κ1) is 27.1. The molecule has 3 aromatic heterocycles. The zero-order chi connectivity index (χ0) is 26.5. The molecular formula is C26H25ClN4O3S3. The van der Waals surface area contributed by atoms with E-state index in [4.69, 9.17) is 16.3 Å². The Bertz CT molecular complexity index is 1420. The van der Waals surface area contributed by atoms with E-state index in [2.05, 4.69) is 47.4 Å². The molecule has 4 aromatic rings. The Hall–Kier alpha value is -2.92. The second kappa shape index (κ2) is 12.1. The van der Waals surface area contributed by atoms with E-state index in [0.29, 0.717) is 38.8 Å². The van der Waals surface area contributed by atoms with Crippen LogP contribution in [0.3, 0.4) is 0 Å². The van der Waals surface area contributed by atoms with Crippen LogP contribution in [-0.4, -0.2) is 39.5 Å². The quantitative estimate of drug-likeness (QED) is 0.123. The maximum Gasteiger partial charge on any atom is 0.341 e. The van der Waals surface area contributed by atoms with Gasteiger partial charge in [0.2, 0.25) is 5.91 Å². The zero-order valence-corrected chi connectivity index (χ0v) is 23.7. The number of rotatable bonds is 10. The summed E-state index contributed by atoms with van der Waals surface area (Å²) in [7, 11) is 1.31. The van der Waals surface area contributed by atoms with Gasteiger partial charge in [0, 0.05) is 38.3 Å². The molecule has 0 saturated carbocycles. The summed E-state index contributed by atoms with van der Waals surface area (Å²) in [5.74, 6) is 0.461. The number of allylic oxidation sites excluding steroid dienone is 1. The minimum atomic E-state index is -0.527. The molecule has 0 atom stereocenters. The number of thioether (sulfide) groups is 1. The molecule has 0 radical (unpaired) electrons. The van der Waals surface area contributed by atoms with Gasteiger partial charge in [0.25, 0.3) is 0 Å². The second-order valence-corrected chi connectivity index (χ2v) is 11.5. The first-order valence-corrected chi connectivity index (χ1v) is 14.5. The van der Waals surface area contributed by atoms with Crippen LogP contribution < -0.4 is 5.32 Å². The van der Waals surface area contributed by atoms with E-state index in [1.54, 1.807) is 29.5 Å². The highest BCUT2D eigenvalue weighted by Crippen LogP contribution is 2.37. The zero-order valence-electron chi connectivity index (χ0n) is 20.5. The molecule has 3 heterocycles. The fourth-order valence-electron chi connectivity index (χ4n) is 3.56. The summed E-state index contributed by atoms with van der Waals surface area (Å²) in [5.41, 5.74) is 2.78. The van der Waals surface area contributed by atoms with Gasteiger partial charge in [-0.3, -0.25) is 9.36 Å². The number of anilines is 1. The molecule has 1 aromatic carbocycles. The highest BCUT2D eigenvalue weighted by molar-refractivity contribution is 7.99. The molecule has 192 valence electrons. The minimum Gasteiger partial charge on any atom is -0.465 e. The van der Waals surface area contributed by atoms with Gasteiger partial charge in [-0.1, -0.05) is 55.4 Å². The monoisotopic (exact) mass is 572 g/mol. The van der Waals surface area contributed by atoms with Gasteiger partial charge in [-0.2, -0.15) is 0 Å². The number of ether oxygens (including phenoxy) is 1. The summed E-state index contributed by atoms with van der Waals surface area (Å²) in [6.07, 6.45) is 1.78. The Labute approximate surface area is 232 Å². The SMILES string of the molecule is C=CCn1c(SCC(=O)Nc2scc(-c3ccc(Cl)cc3)c2C(=O)OC)nnc1-c1csc(C(C)C)c1. The lowest BCUT2D eigenvalue weighted by Crippen LogP contribution is -2.16. The molecule has 1 N–H and O–H groups in total. The molecule has 11 heteroatoms. The van der Waals surface area contributed by atoms with Crippen LogP contribution in [0.25, 0.3) is 22.5 Å². The highest BCUT2D eigenvalue weighted by Gasteiger charge is 2.23. The number of amides is 1. The van der Waals surface area contributed by atoms with E-state index in [0.717, 1.165) is 17.0 Å². The van der Waals surface area contributed by atoms with E-state index in [1.165, 1.54) is 35.1 Å². The Morgan fingerprint density at radius 2 is 1.95 bits per heavy atom. The molecule has 0 aliphatic carbocycles. The third-order valence-corrected chi connectivity index (χ3v) is 8.74. The van der Waals surface area contributed by atoms with Crippen molar-refractivity contribution in [1.29, 1.82) is 0 Å². The normalized spacial score (nSPS) is 11.1. The van der Waals surface area contributed by atoms with Crippen molar-refractivity contribution in [2.45, 2.75) is 31.5 Å². The van der Waals surface area contributed by atoms with E-state index in [1.807, 2.05) is 22.1 Å². The van der Waals surface area contributed by atoms with Gasteiger partial charge in [-0.05, 0) is 29.7 Å². The minimum absolute atomic E-state index is 0.0882. The summed E-state index contributed by atoms with van der Waals surface area (Å²) in [6, 6.07) is 9.26. The first-order valence-electron chi connectivity index (χ1n) is 11.3. The lowest BCUT2D eigenvalue weighted by Gasteiger charge is -2.09. The maximum atomic E-state index is 12.9. The molecular weight excluding hydrogens is 548 g/mol. The number of hydrogen-bond donors (Lipinski definition) is 1. The van der Waals surface area contributed by atoms with Crippen LogP contribution in [0, 0.1) is 0 Å². The number of carbonyl (C=O) groups is 2. The molecule has 7 nitrogen and oxygen atoms in total. The summed E-state index contributed by atoms with van der Waals surface area (Å²) >= 11 is 10.2. The summed E-state index contributed by atoms with van der Waals surface area (Å²) in [4.78, 5) is 26.8.